The molecule has 0 atom stereocenters. The van der Waals surface area contributed by atoms with Crippen molar-refractivity contribution >= 4 is 37.5 Å². The maximum Gasteiger partial charge on any atom is 0.572 e. The molecule has 0 unspecified atom stereocenters. The van der Waals surface area contributed by atoms with Crippen molar-refractivity contribution in [1.29, 1.82) is 0 Å². The topological polar surface area (TPSA) is 98.5 Å². The summed E-state index contributed by atoms with van der Waals surface area (Å²) in [5, 5.41) is 0.558. The zero-order valence-electron chi connectivity index (χ0n) is 11.3. The van der Waals surface area contributed by atoms with Gasteiger partial charge >= 0.3 is 15.6 Å². The average Bonchev–Trinajstić information content (AvgIpc) is 2.37. The molecule has 0 spiro atoms. The van der Waals surface area contributed by atoms with E-state index in [2.05, 4.69) is 0 Å². The van der Waals surface area contributed by atoms with E-state index in [1.807, 2.05) is 36.4 Å². The summed E-state index contributed by atoms with van der Waals surface area (Å²) >= 11 is 5.43. The van der Waals surface area contributed by atoms with Gasteiger partial charge in [-0.3, -0.25) is 4.79 Å². The maximum atomic E-state index is 10.8. The van der Waals surface area contributed by atoms with E-state index in [1.165, 1.54) is 6.92 Å². The van der Waals surface area contributed by atoms with Gasteiger partial charge < -0.3 is 19.5 Å². The molecule has 0 saturated heterocycles. The Balaban J connectivity index is 0.00000200. The van der Waals surface area contributed by atoms with E-state index < -0.39 is 15.6 Å². The van der Waals surface area contributed by atoms with E-state index in [4.69, 9.17) is 20.1 Å². The summed E-state index contributed by atoms with van der Waals surface area (Å²) in [6, 6.07) is 14.8. The Bertz CT molecular complexity index is 577. The highest BCUT2D eigenvalue weighted by molar-refractivity contribution is 6.49. The summed E-state index contributed by atoms with van der Waals surface area (Å²) in [6.45, 7) is 1.39. The van der Waals surface area contributed by atoms with Gasteiger partial charge in [0.15, 0.2) is 0 Å². The first-order valence-corrected chi connectivity index (χ1v) is 7.10. The summed E-state index contributed by atoms with van der Waals surface area (Å²) in [4.78, 5) is 10.8. The predicted molar refractivity (Wildman–Crippen MR) is 82.3 cm³/mol. The summed E-state index contributed by atoms with van der Waals surface area (Å²) in [5.74, 6) is 1.08. The lowest BCUT2D eigenvalue weighted by atomic mass is 10.3. The molecule has 0 fully saturated rings. The van der Waals surface area contributed by atoms with Gasteiger partial charge in [0, 0.05) is 11.9 Å². The predicted octanol–water partition coefficient (Wildman–Crippen LogP) is 1.29. The van der Waals surface area contributed by atoms with Crippen molar-refractivity contribution in [3.05, 3.63) is 53.6 Å². The molecule has 111 valence electrons. The number of ether oxygens (including phenoxy) is 1. The van der Waals surface area contributed by atoms with Crippen molar-refractivity contribution in [2.24, 2.45) is 0 Å². The Morgan fingerprint density at radius 2 is 1.71 bits per heavy atom. The fourth-order valence-corrected chi connectivity index (χ4v) is 2.61. The maximum absolute atomic E-state index is 10.8. The van der Waals surface area contributed by atoms with E-state index in [9.17, 15) is 4.79 Å². The van der Waals surface area contributed by atoms with Crippen LogP contribution >= 0.6 is 11.6 Å². The van der Waals surface area contributed by atoms with Crippen molar-refractivity contribution in [2.75, 3.05) is 0 Å². The van der Waals surface area contributed by atoms with Crippen molar-refractivity contribution in [2.45, 2.75) is 6.92 Å². The molecule has 0 heterocycles. The number of hydrogen-bond acceptors (Lipinski definition) is 3. The van der Waals surface area contributed by atoms with Crippen LogP contribution in [0.1, 0.15) is 6.92 Å². The van der Waals surface area contributed by atoms with Gasteiger partial charge in [-0.25, -0.2) is 0 Å². The third kappa shape index (κ3) is 6.63. The van der Waals surface area contributed by atoms with Gasteiger partial charge in [-0.2, -0.15) is 0 Å². The number of para-hydroxylation sites is 1. The molecular formula is C14H15AlClO5. The van der Waals surface area contributed by atoms with Crippen LogP contribution in [0, 0.1) is 0 Å². The molecule has 1 radical (unpaired) electrons. The first-order valence-electron chi connectivity index (χ1n) is 5.67. The van der Waals surface area contributed by atoms with E-state index in [0.717, 1.165) is 10.2 Å². The van der Waals surface area contributed by atoms with Gasteiger partial charge in [0.1, 0.15) is 11.5 Å². The van der Waals surface area contributed by atoms with Crippen molar-refractivity contribution in [1.82, 2.24) is 0 Å². The van der Waals surface area contributed by atoms with E-state index >= 15 is 0 Å². The summed E-state index contributed by atoms with van der Waals surface area (Å²) < 4.78 is 11.6. The number of carbonyl (C=O) groups excluding carboxylic acids is 1. The van der Waals surface area contributed by atoms with Crippen molar-refractivity contribution in [3.63, 3.8) is 0 Å². The highest BCUT2D eigenvalue weighted by Crippen LogP contribution is 2.22. The molecule has 2 aromatic carbocycles. The van der Waals surface area contributed by atoms with Crippen LogP contribution in [0.4, 0.5) is 0 Å². The molecule has 7 heteroatoms. The van der Waals surface area contributed by atoms with Crippen LogP contribution in [0.5, 0.6) is 11.5 Å². The molecule has 21 heavy (non-hydrogen) atoms. The van der Waals surface area contributed by atoms with Gasteiger partial charge in [-0.15, -0.1) is 0 Å². The summed E-state index contributed by atoms with van der Waals surface area (Å²) in [5.41, 5.74) is 0. The van der Waals surface area contributed by atoms with Gasteiger partial charge in [-0.05, 0) is 24.3 Å². The molecular weight excluding hydrogens is 311 g/mol. The van der Waals surface area contributed by atoms with Gasteiger partial charge in [0.2, 0.25) is 0 Å². The summed E-state index contributed by atoms with van der Waals surface area (Å²) in [6.07, 6.45) is 0. The zero-order valence-corrected chi connectivity index (χ0v) is 13.2. The van der Waals surface area contributed by atoms with Crippen LogP contribution < -0.4 is 9.16 Å². The third-order valence-electron chi connectivity index (χ3n) is 2.23. The fourth-order valence-electron chi connectivity index (χ4n) is 1.49. The van der Waals surface area contributed by atoms with Crippen LogP contribution in [0.15, 0.2) is 48.5 Å². The monoisotopic (exact) mass is 325 g/mol. The first kappa shape index (κ1) is 19.5. The van der Waals surface area contributed by atoms with E-state index in [0.29, 0.717) is 10.8 Å². The second kappa shape index (κ2) is 9.40. The molecule has 2 rings (SSSR count). The number of hydrogen-bond donors (Lipinski definition) is 0. The average molecular weight is 326 g/mol. The fraction of sp³-hybridized carbons (Fsp3) is 0.0714. The molecule has 0 aliphatic heterocycles. The molecule has 0 aliphatic rings. The lowest BCUT2D eigenvalue weighted by Crippen LogP contribution is -2.19. The minimum atomic E-state index is -0.590. The van der Waals surface area contributed by atoms with Crippen LogP contribution in [-0.4, -0.2) is 32.5 Å². The van der Waals surface area contributed by atoms with Gasteiger partial charge in [0.05, 0.1) is 0 Å². The standard InChI is InChI=1S/C12H8ClO.C2H4O2.Al.2H2O/c13-10-5-4-8-12(9-10)14-11-6-2-1-3-7-11;1-2(3)4;;;/h1-3,5-9H;1H3,(H,3,4);;2*1H2/q;;+1;;/p-1. The molecule has 0 bridgehead atoms. The summed E-state index contributed by atoms with van der Waals surface area (Å²) in [7, 11) is 0. The van der Waals surface area contributed by atoms with Crippen molar-refractivity contribution < 1.29 is 24.3 Å². The van der Waals surface area contributed by atoms with Crippen LogP contribution in [0.3, 0.4) is 0 Å². The Kier molecular flexibility index (Phi) is 8.71. The molecule has 2 aromatic rings. The largest absolute Gasteiger partial charge is 0.618 e. The van der Waals surface area contributed by atoms with Gasteiger partial charge in [0.25, 0.3) is 5.97 Å². The minimum Gasteiger partial charge on any atom is -0.618 e. The molecule has 4 N–H and O–H groups in total. The van der Waals surface area contributed by atoms with E-state index in [1.54, 1.807) is 12.1 Å². The van der Waals surface area contributed by atoms with Crippen LogP contribution in [0.2, 0.25) is 5.02 Å². The quantitative estimate of drug-likeness (QED) is 0.792. The van der Waals surface area contributed by atoms with Crippen molar-refractivity contribution in [3.8, 4) is 11.5 Å². The SMILES string of the molecule is CC(=O)[O][Al][c]1cc(Cl)cc(Oc2ccccc2)c1.O.O. The minimum absolute atomic E-state index is 0. The molecule has 0 aromatic heterocycles. The van der Waals surface area contributed by atoms with Crippen LogP contribution in [-0.2, 0) is 8.58 Å². The Morgan fingerprint density at radius 1 is 1.05 bits per heavy atom. The number of halogens is 1. The lowest BCUT2D eigenvalue weighted by molar-refractivity contribution is -0.131. The highest BCUT2D eigenvalue weighted by Gasteiger charge is 2.08. The molecule has 0 amide bonds. The van der Waals surface area contributed by atoms with E-state index in [-0.39, 0.29) is 16.9 Å². The molecule has 0 aliphatic carbocycles. The smallest absolute Gasteiger partial charge is 0.572 e. The van der Waals surface area contributed by atoms with Gasteiger partial charge in [-0.1, -0.05) is 40.3 Å². The Morgan fingerprint density at radius 3 is 2.33 bits per heavy atom. The second-order valence-electron chi connectivity index (χ2n) is 3.86. The Labute approximate surface area is 134 Å². The lowest BCUT2D eigenvalue weighted by Gasteiger charge is -2.08. The number of rotatable bonds is 4. The normalized spacial score (nSPS) is 8.86. The number of benzene rings is 2. The molecule has 0 saturated carbocycles. The zero-order chi connectivity index (χ0) is 13.7. The first-order chi connectivity index (χ1) is 9.13. The third-order valence-corrected chi connectivity index (χ3v) is 3.51. The Hall–Kier alpha value is -1.55. The molecule has 5 nitrogen and oxygen atoms in total. The second-order valence-corrected chi connectivity index (χ2v) is 5.44. The highest BCUT2D eigenvalue weighted by atomic mass is 35.5. The van der Waals surface area contributed by atoms with Crippen LogP contribution in [0.25, 0.3) is 0 Å². The number of carbonyl (C=O) groups is 1.